The minimum Gasteiger partial charge on any atom is -0.507 e. The fourth-order valence-corrected chi connectivity index (χ4v) is 5.37. The third kappa shape index (κ3) is 4.21. The van der Waals surface area contributed by atoms with Crippen LogP contribution in [0.4, 0.5) is 11.8 Å². The summed E-state index contributed by atoms with van der Waals surface area (Å²) in [6.07, 6.45) is 8.18. The van der Waals surface area contributed by atoms with Gasteiger partial charge in [-0.15, -0.1) is 10.2 Å². The number of piperidine rings is 2. The SMILES string of the molecule is CNc1nn(C2CCN(c3ncc(C4CCNCC4)cn3)CC2)c2cc(-c3ccccc3O)nnc12. The molecule has 0 spiro atoms. The number of hydrogen-bond acceptors (Lipinski definition) is 9. The molecule has 186 valence electrons. The van der Waals surface area contributed by atoms with Crippen LogP contribution in [0.5, 0.6) is 5.75 Å². The lowest BCUT2D eigenvalue weighted by atomic mass is 9.92. The lowest BCUT2D eigenvalue weighted by Crippen LogP contribution is -2.36. The Morgan fingerprint density at radius 2 is 1.75 bits per heavy atom. The fourth-order valence-electron chi connectivity index (χ4n) is 5.37. The second kappa shape index (κ2) is 9.69. The van der Waals surface area contributed by atoms with Gasteiger partial charge in [0.15, 0.2) is 11.3 Å². The fraction of sp³-hybridized carbons (Fsp3) is 0.423. The van der Waals surface area contributed by atoms with E-state index in [0.29, 0.717) is 23.0 Å². The highest BCUT2D eigenvalue weighted by molar-refractivity contribution is 5.88. The lowest BCUT2D eigenvalue weighted by Gasteiger charge is -2.32. The molecule has 10 heteroatoms. The molecule has 0 aliphatic carbocycles. The van der Waals surface area contributed by atoms with E-state index in [2.05, 4.69) is 30.4 Å². The number of hydrogen-bond donors (Lipinski definition) is 3. The Bertz CT molecular complexity index is 1340. The van der Waals surface area contributed by atoms with Crippen LogP contribution in [-0.4, -0.2) is 68.3 Å². The van der Waals surface area contributed by atoms with Crippen molar-refractivity contribution in [2.75, 3.05) is 43.4 Å². The molecule has 0 radical (unpaired) electrons. The van der Waals surface area contributed by atoms with Crippen LogP contribution < -0.4 is 15.5 Å². The molecule has 3 aromatic heterocycles. The lowest BCUT2D eigenvalue weighted by molar-refractivity contribution is 0.374. The summed E-state index contributed by atoms with van der Waals surface area (Å²) in [6, 6.07) is 9.38. The Balaban J connectivity index is 1.21. The van der Waals surface area contributed by atoms with E-state index in [1.54, 1.807) is 12.1 Å². The minimum atomic E-state index is 0.186. The van der Waals surface area contributed by atoms with Crippen LogP contribution >= 0.6 is 0 Å². The van der Waals surface area contributed by atoms with Gasteiger partial charge in [-0.05, 0) is 68.5 Å². The predicted octanol–water partition coefficient (Wildman–Crippen LogP) is 3.34. The number of benzene rings is 1. The summed E-state index contributed by atoms with van der Waals surface area (Å²) >= 11 is 0. The molecule has 6 rings (SSSR count). The highest BCUT2D eigenvalue weighted by atomic mass is 16.3. The molecule has 0 atom stereocenters. The Kier molecular flexibility index (Phi) is 6.10. The van der Waals surface area contributed by atoms with Crippen molar-refractivity contribution in [3.63, 3.8) is 0 Å². The first kappa shape index (κ1) is 22.7. The Morgan fingerprint density at radius 1 is 1.00 bits per heavy atom. The summed E-state index contributed by atoms with van der Waals surface area (Å²) in [6.45, 7) is 3.85. The number of anilines is 2. The molecule has 2 fully saturated rings. The number of fused-ring (bicyclic) bond motifs is 1. The van der Waals surface area contributed by atoms with Crippen molar-refractivity contribution in [2.24, 2.45) is 0 Å². The van der Waals surface area contributed by atoms with E-state index in [0.717, 1.165) is 68.8 Å². The van der Waals surface area contributed by atoms with Crippen LogP contribution in [-0.2, 0) is 0 Å². The Hall–Kier alpha value is -3.79. The van der Waals surface area contributed by atoms with E-state index >= 15 is 0 Å². The zero-order valence-electron chi connectivity index (χ0n) is 20.4. The number of aromatic nitrogens is 6. The standard InChI is InChI=1S/C26H31N9O/c1-27-25-24-22(14-21(31-32-24)20-4-2-3-5-23(20)36)35(33-25)19-8-12-34(13-9-19)26-29-15-18(16-30-26)17-6-10-28-11-7-17/h2-5,14-17,19,28,36H,6-13H2,1H3,(H,27,33). The summed E-state index contributed by atoms with van der Waals surface area (Å²) in [5.74, 6) is 2.26. The molecule has 2 saturated heterocycles. The van der Waals surface area contributed by atoms with Crippen molar-refractivity contribution < 1.29 is 5.11 Å². The molecule has 0 unspecified atom stereocenters. The highest BCUT2D eigenvalue weighted by Crippen LogP contribution is 2.34. The topological polar surface area (TPSA) is 117 Å². The highest BCUT2D eigenvalue weighted by Gasteiger charge is 2.26. The van der Waals surface area contributed by atoms with Gasteiger partial charge in [0.1, 0.15) is 5.75 Å². The van der Waals surface area contributed by atoms with Gasteiger partial charge in [0, 0.05) is 38.1 Å². The molecule has 4 aromatic rings. The van der Waals surface area contributed by atoms with E-state index < -0.39 is 0 Å². The Labute approximate surface area is 209 Å². The zero-order valence-corrected chi connectivity index (χ0v) is 20.4. The summed E-state index contributed by atoms with van der Waals surface area (Å²) in [5, 5.41) is 30.5. The second-order valence-corrected chi connectivity index (χ2v) is 9.58. The summed E-state index contributed by atoms with van der Waals surface area (Å²) in [5.41, 5.74) is 4.18. The molecule has 0 bridgehead atoms. The molecule has 2 aliphatic heterocycles. The van der Waals surface area contributed by atoms with Gasteiger partial charge in [-0.1, -0.05) is 12.1 Å². The molecule has 10 nitrogen and oxygen atoms in total. The average molecular weight is 486 g/mol. The predicted molar refractivity (Wildman–Crippen MR) is 139 cm³/mol. The van der Waals surface area contributed by atoms with Crippen LogP contribution in [0.2, 0.25) is 0 Å². The molecule has 1 aromatic carbocycles. The smallest absolute Gasteiger partial charge is 0.225 e. The summed E-state index contributed by atoms with van der Waals surface area (Å²) < 4.78 is 2.07. The largest absolute Gasteiger partial charge is 0.507 e. The van der Waals surface area contributed by atoms with E-state index in [-0.39, 0.29) is 11.8 Å². The van der Waals surface area contributed by atoms with Gasteiger partial charge in [0.25, 0.3) is 0 Å². The van der Waals surface area contributed by atoms with Crippen LogP contribution in [0, 0.1) is 0 Å². The van der Waals surface area contributed by atoms with Crippen molar-refractivity contribution in [3.8, 4) is 17.0 Å². The molecule has 0 amide bonds. The van der Waals surface area contributed by atoms with Crippen LogP contribution in [0.3, 0.4) is 0 Å². The second-order valence-electron chi connectivity index (χ2n) is 9.58. The average Bonchev–Trinajstić information content (AvgIpc) is 3.32. The van der Waals surface area contributed by atoms with Gasteiger partial charge in [0.05, 0.1) is 17.3 Å². The quantitative estimate of drug-likeness (QED) is 0.391. The number of phenolic OH excluding ortho intramolecular Hbond substituents is 1. The van der Waals surface area contributed by atoms with E-state index in [1.165, 1.54) is 5.56 Å². The van der Waals surface area contributed by atoms with Gasteiger partial charge in [0.2, 0.25) is 5.95 Å². The Morgan fingerprint density at radius 3 is 2.47 bits per heavy atom. The number of rotatable bonds is 5. The molecular weight excluding hydrogens is 454 g/mol. The van der Waals surface area contributed by atoms with Gasteiger partial charge >= 0.3 is 0 Å². The van der Waals surface area contributed by atoms with Gasteiger partial charge in [-0.2, -0.15) is 5.10 Å². The van der Waals surface area contributed by atoms with Gasteiger partial charge < -0.3 is 20.6 Å². The van der Waals surface area contributed by atoms with Gasteiger partial charge in [-0.3, -0.25) is 4.68 Å². The minimum absolute atomic E-state index is 0.186. The van der Waals surface area contributed by atoms with Crippen LogP contribution in [0.15, 0.2) is 42.7 Å². The first-order chi connectivity index (χ1) is 17.7. The van der Waals surface area contributed by atoms with Crippen molar-refractivity contribution in [1.29, 1.82) is 0 Å². The van der Waals surface area contributed by atoms with Gasteiger partial charge in [-0.25, -0.2) is 9.97 Å². The van der Waals surface area contributed by atoms with Crippen molar-refractivity contribution >= 4 is 22.8 Å². The third-order valence-corrected chi connectivity index (χ3v) is 7.43. The van der Waals surface area contributed by atoms with E-state index in [4.69, 9.17) is 15.1 Å². The number of nitrogens with zero attached hydrogens (tertiary/aromatic N) is 7. The number of phenols is 1. The van der Waals surface area contributed by atoms with Crippen LogP contribution in [0.1, 0.15) is 43.2 Å². The number of aromatic hydroxyl groups is 1. The molecular formula is C26H31N9O. The summed E-state index contributed by atoms with van der Waals surface area (Å²) in [4.78, 5) is 11.7. The molecule has 3 N–H and O–H groups in total. The first-order valence-corrected chi connectivity index (χ1v) is 12.7. The number of nitrogens with one attached hydrogen (secondary N) is 2. The monoisotopic (exact) mass is 485 g/mol. The normalized spacial score (nSPS) is 17.5. The maximum absolute atomic E-state index is 10.3. The molecule has 2 aliphatic rings. The van der Waals surface area contributed by atoms with E-state index in [9.17, 15) is 5.11 Å². The maximum Gasteiger partial charge on any atom is 0.225 e. The van der Waals surface area contributed by atoms with Crippen molar-refractivity contribution in [3.05, 3.63) is 48.3 Å². The molecule has 0 saturated carbocycles. The zero-order chi connectivity index (χ0) is 24.5. The third-order valence-electron chi connectivity index (χ3n) is 7.43. The van der Waals surface area contributed by atoms with Crippen molar-refractivity contribution in [1.82, 2.24) is 35.3 Å². The van der Waals surface area contributed by atoms with Crippen LogP contribution in [0.25, 0.3) is 22.3 Å². The maximum atomic E-state index is 10.3. The summed E-state index contributed by atoms with van der Waals surface area (Å²) in [7, 11) is 1.85. The van der Waals surface area contributed by atoms with Crippen molar-refractivity contribution in [2.45, 2.75) is 37.6 Å². The molecule has 36 heavy (non-hydrogen) atoms. The molecule has 5 heterocycles. The number of para-hydroxylation sites is 1. The van der Waals surface area contributed by atoms with E-state index in [1.807, 2.05) is 37.6 Å². The first-order valence-electron chi connectivity index (χ1n) is 12.7.